The minimum absolute atomic E-state index is 0.102. The van der Waals surface area contributed by atoms with Crippen molar-refractivity contribution in [3.63, 3.8) is 0 Å². The topological polar surface area (TPSA) is 79.7 Å². The molecule has 2 aromatic rings. The number of nitrogens with zero attached hydrogens (tertiary/aromatic N) is 2. The molecule has 1 unspecified atom stereocenters. The van der Waals surface area contributed by atoms with E-state index in [4.69, 9.17) is 4.74 Å². The van der Waals surface area contributed by atoms with E-state index in [-0.39, 0.29) is 17.4 Å². The third-order valence-electron chi connectivity index (χ3n) is 6.18. The molecule has 0 saturated carbocycles. The molecule has 1 N–H and O–H groups in total. The van der Waals surface area contributed by atoms with Gasteiger partial charge in [-0.1, -0.05) is 12.1 Å². The van der Waals surface area contributed by atoms with Gasteiger partial charge in [0.1, 0.15) is 5.76 Å². The van der Waals surface area contributed by atoms with Crippen LogP contribution in [0.4, 0.5) is 0 Å². The molecule has 1 amide bonds. The fourth-order valence-corrected chi connectivity index (χ4v) is 4.59. The number of ether oxygens (including phenoxy) is 1. The molecule has 168 valence electrons. The summed E-state index contributed by atoms with van der Waals surface area (Å²) in [7, 11) is 0. The van der Waals surface area contributed by atoms with Gasteiger partial charge in [0.25, 0.3) is 11.7 Å². The number of carbonyl (C=O) groups excluding carboxylic acids is 2. The molecule has 6 nitrogen and oxygen atoms in total. The van der Waals surface area contributed by atoms with Gasteiger partial charge in [-0.2, -0.15) is 0 Å². The highest BCUT2D eigenvalue weighted by Gasteiger charge is 2.45. The zero-order valence-corrected chi connectivity index (χ0v) is 18.7. The van der Waals surface area contributed by atoms with Crippen molar-refractivity contribution < 1.29 is 19.4 Å². The van der Waals surface area contributed by atoms with Crippen molar-refractivity contribution in [3.8, 4) is 0 Å². The van der Waals surface area contributed by atoms with Crippen LogP contribution in [0.3, 0.4) is 0 Å². The maximum absolute atomic E-state index is 13.1. The van der Waals surface area contributed by atoms with Crippen molar-refractivity contribution >= 4 is 17.4 Å². The molecular weight excluding hydrogens is 404 g/mol. The Labute approximate surface area is 188 Å². The van der Waals surface area contributed by atoms with E-state index in [1.165, 1.54) is 17.5 Å². The molecule has 1 aliphatic heterocycles. The van der Waals surface area contributed by atoms with Crippen LogP contribution in [0.5, 0.6) is 0 Å². The number of pyridine rings is 1. The summed E-state index contributed by atoms with van der Waals surface area (Å²) in [4.78, 5) is 31.7. The molecular formula is C26H30N2O4. The number of ketones is 1. The predicted octanol–water partition coefficient (Wildman–Crippen LogP) is 4.20. The average Bonchev–Trinajstić information content (AvgIpc) is 3.06. The molecule has 1 aliphatic carbocycles. The Morgan fingerprint density at radius 2 is 1.84 bits per heavy atom. The molecule has 2 heterocycles. The molecule has 0 bridgehead atoms. The van der Waals surface area contributed by atoms with Crippen molar-refractivity contribution in [2.75, 3.05) is 13.2 Å². The minimum Gasteiger partial charge on any atom is -0.507 e. The normalized spacial score (nSPS) is 20.1. The van der Waals surface area contributed by atoms with Gasteiger partial charge in [-0.25, -0.2) is 0 Å². The molecule has 1 fully saturated rings. The number of benzene rings is 1. The number of hydrogen-bond donors (Lipinski definition) is 1. The van der Waals surface area contributed by atoms with Gasteiger partial charge in [-0.3, -0.25) is 14.6 Å². The first kappa shape index (κ1) is 22.2. The largest absolute Gasteiger partial charge is 0.507 e. The van der Waals surface area contributed by atoms with E-state index in [2.05, 4.69) is 4.98 Å². The van der Waals surface area contributed by atoms with Crippen molar-refractivity contribution in [3.05, 3.63) is 70.6 Å². The Kier molecular flexibility index (Phi) is 6.70. The second-order valence-electron chi connectivity index (χ2n) is 8.74. The molecule has 2 aliphatic rings. The van der Waals surface area contributed by atoms with Crippen LogP contribution in [-0.2, 0) is 27.2 Å². The monoisotopic (exact) mass is 434 g/mol. The number of rotatable bonds is 7. The lowest BCUT2D eigenvalue weighted by Gasteiger charge is -2.25. The quantitative estimate of drug-likeness (QED) is 0.306. The summed E-state index contributed by atoms with van der Waals surface area (Å²) in [6, 6.07) is 8.78. The van der Waals surface area contributed by atoms with Gasteiger partial charge in [-0.05, 0) is 80.8 Å². The summed E-state index contributed by atoms with van der Waals surface area (Å²) in [5.74, 6) is -1.35. The maximum Gasteiger partial charge on any atom is 0.295 e. The van der Waals surface area contributed by atoms with Crippen LogP contribution in [-0.4, -0.2) is 45.9 Å². The van der Waals surface area contributed by atoms with Gasteiger partial charge < -0.3 is 14.7 Å². The molecule has 1 atom stereocenters. The minimum atomic E-state index is -0.646. The Bertz CT molecular complexity index is 1030. The lowest BCUT2D eigenvalue weighted by Crippen LogP contribution is -2.31. The number of aryl methyl sites for hydroxylation is 2. The van der Waals surface area contributed by atoms with Gasteiger partial charge in [0.2, 0.25) is 0 Å². The number of Topliss-reactive ketones (excluding diaryl/α,β-unsaturated/α-hetero) is 1. The fourth-order valence-electron chi connectivity index (χ4n) is 4.59. The summed E-state index contributed by atoms with van der Waals surface area (Å²) in [6.07, 6.45) is 8.27. The van der Waals surface area contributed by atoms with Gasteiger partial charge in [-0.15, -0.1) is 0 Å². The second kappa shape index (κ2) is 9.65. The molecule has 6 heteroatoms. The molecule has 1 aromatic heterocycles. The first-order chi connectivity index (χ1) is 15.5. The van der Waals surface area contributed by atoms with Crippen LogP contribution in [0, 0.1) is 0 Å². The fraction of sp³-hybridized carbons (Fsp3) is 0.423. The van der Waals surface area contributed by atoms with E-state index < -0.39 is 17.7 Å². The predicted molar refractivity (Wildman–Crippen MR) is 122 cm³/mol. The standard InChI is InChI=1S/C26H30N2O4/c1-17(2)32-15-5-14-28-23(19-10-12-27-13-11-19)22(25(30)26(28)31)24(29)21-9-8-18-6-3-4-7-20(18)16-21/h8-13,16-17,23,29H,3-7,14-15H2,1-2H3/b24-22-. The summed E-state index contributed by atoms with van der Waals surface area (Å²) in [5, 5.41) is 11.2. The Morgan fingerprint density at radius 3 is 2.56 bits per heavy atom. The van der Waals surface area contributed by atoms with Crippen molar-refractivity contribution in [2.24, 2.45) is 0 Å². The first-order valence-corrected chi connectivity index (χ1v) is 11.4. The lowest BCUT2D eigenvalue weighted by molar-refractivity contribution is -0.140. The van der Waals surface area contributed by atoms with Gasteiger partial charge in [0.15, 0.2) is 0 Å². The smallest absolute Gasteiger partial charge is 0.295 e. The number of fused-ring (bicyclic) bond motifs is 1. The van der Waals surface area contributed by atoms with Gasteiger partial charge >= 0.3 is 0 Å². The number of likely N-dealkylation sites (tertiary alicyclic amines) is 1. The van der Waals surface area contributed by atoms with Crippen LogP contribution in [0.25, 0.3) is 5.76 Å². The summed E-state index contributed by atoms with van der Waals surface area (Å²) in [5.41, 5.74) is 3.99. The van der Waals surface area contributed by atoms with E-state index in [9.17, 15) is 14.7 Å². The van der Waals surface area contributed by atoms with Crippen molar-refractivity contribution in [2.45, 2.75) is 58.1 Å². The third kappa shape index (κ3) is 4.46. The summed E-state index contributed by atoms with van der Waals surface area (Å²) in [6.45, 7) is 4.78. The number of amides is 1. The molecule has 4 rings (SSSR count). The van der Waals surface area contributed by atoms with Crippen LogP contribution >= 0.6 is 0 Å². The third-order valence-corrected chi connectivity index (χ3v) is 6.18. The summed E-state index contributed by atoms with van der Waals surface area (Å²) >= 11 is 0. The SMILES string of the molecule is CC(C)OCCCN1C(=O)C(=O)/C(=C(\O)c2ccc3c(c2)CCCC3)C1c1ccncc1. The Hall–Kier alpha value is -2.99. The highest BCUT2D eigenvalue weighted by molar-refractivity contribution is 6.46. The van der Waals surface area contributed by atoms with E-state index in [1.807, 2.05) is 32.0 Å². The Morgan fingerprint density at radius 1 is 1.12 bits per heavy atom. The number of carbonyl (C=O) groups is 2. The van der Waals surface area contributed by atoms with E-state index >= 15 is 0 Å². The summed E-state index contributed by atoms with van der Waals surface area (Å²) < 4.78 is 5.61. The molecule has 0 radical (unpaired) electrons. The van der Waals surface area contributed by atoms with Crippen LogP contribution in [0.15, 0.2) is 48.3 Å². The zero-order valence-electron chi connectivity index (χ0n) is 18.7. The second-order valence-corrected chi connectivity index (χ2v) is 8.74. The van der Waals surface area contributed by atoms with Gasteiger partial charge in [0.05, 0.1) is 17.7 Å². The number of aliphatic hydroxyl groups excluding tert-OH is 1. The molecule has 1 saturated heterocycles. The number of hydrogen-bond acceptors (Lipinski definition) is 5. The molecule has 1 aromatic carbocycles. The highest BCUT2D eigenvalue weighted by Crippen LogP contribution is 2.39. The number of aromatic nitrogens is 1. The van der Waals surface area contributed by atoms with Gasteiger partial charge in [0, 0.05) is 31.1 Å². The van der Waals surface area contributed by atoms with E-state index in [0.717, 1.165) is 24.8 Å². The van der Waals surface area contributed by atoms with Crippen molar-refractivity contribution in [1.29, 1.82) is 0 Å². The lowest BCUT2D eigenvalue weighted by atomic mass is 9.89. The van der Waals surface area contributed by atoms with Crippen LogP contribution in [0.1, 0.15) is 61.4 Å². The first-order valence-electron chi connectivity index (χ1n) is 11.4. The Balaban J connectivity index is 1.72. The highest BCUT2D eigenvalue weighted by atomic mass is 16.5. The molecule has 32 heavy (non-hydrogen) atoms. The van der Waals surface area contributed by atoms with E-state index in [0.29, 0.717) is 25.1 Å². The van der Waals surface area contributed by atoms with Crippen LogP contribution in [0.2, 0.25) is 0 Å². The zero-order chi connectivity index (χ0) is 22.7. The van der Waals surface area contributed by atoms with Crippen LogP contribution < -0.4 is 0 Å². The molecule has 0 spiro atoms. The number of aliphatic hydroxyl groups is 1. The maximum atomic E-state index is 13.1. The average molecular weight is 435 g/mol. The van der Waals surface area contributed by atoms with Crippen molar-refractivity contribution in [1.82, 2.24) is 9.88 Å². The van der Waals surface area contributed by atoms with E-state index in [1.54, 1.807) is 29.4 Å².